The van der Waals surface area contributed by atoms with Crippen LogP contribution in [0, 0.1) is 6.92 Å². The van der Waals surface area contributed by atoms with Crippen molar-refractivity contribution in [3.05, 3.63) is 127 Å². The van der Waals surface area contributed by atoms with Crippen molar-refractivity contribution in [1.82, 2.24) is 4.57 Å². The highest BCUT2D eigenvalue weighted by molar-refractivity contribution is 7.00. The molecule has 8 rings (SSSR count). The lowest BCUT2D eigenvalue weighted by Gasteiger charge is -2.40. The molecule has 0 aliphatic carbocycles. The van der Waals surface area contributed by atoms with Crippen LogP contribution in [0.2, 0.25) is 0 Å². The standard InChI is InChI=1S/C33H23BN2/c1-22-31(23-12-4-2-5-13-23)25-16-10-18-27-33(25)35(22)29-20-11-21-30-32(29)34(27)26-17-8-9-19-28(26)36(30)24-14-6-3-7-15-24/h2-21H,1H3. The number of para-hydroxylation sites is 3. The molecule has 1 aromatic heterocycles. The van der Waals surface area contributed by atoms with E-state index in [9.17, 15) is 0 Å². The largest absolute Gasteiger partial charge is 0.314 e. The summed E-state index contributed by atoms with van der Waals surface area (Å²) in [6.07, 6.45) is 0. The molecule has 0 spiro atoms. The van der Waals surface area contributed by atoms with Gasteiger partial charge in [0.25, 0.3) is 6.71 Å². The topological polar surface area (TPSA) is 8.17 Å². The first kappa shape index (κ1) is 19.8. The first-order valence-electron chi connectivity index (χ1n) is 12.6. The van der Waals surface area contributed by atoms with Gasteiger partial charge in [-0.2, -0.15) is 0 Å². The van der Waals surface area contributed by atoms with Gasteiger partial charge in [-0.25, -0.2) is 0 Å². The minimum absolute atomic E-state index is 0.196. The van der Waals surface area contributed by atoms with Gasteiger partial charge in [-0.3, -0.25) is 0 Å². The molecule has 0 amide bonds. The molecule has 3 heteroatoms. The van der Waals surface area contributed by atoms with Crippen molar-refractivity contribution >= 4 is 51.1 Å². The maximum absolute atomic E-state index is 2.51. The van der Waals surface area contributed by atoms with Crippen LogP contribution in [-0.2, 0) is 0 Å². The molecule has 0 radical (unpaired) electrons. The van der Waals surface area contributed by atoms with E-state index in [0.717, 1.165) is 0 Å². The molecule has 168 valence electrons. The molecule has 0 fully saturated rings. The van der Waals surface area contributed by atoms with Gasteiger partial charge in [-0.1, -0.05) is 91.0 Å². The number of rotatable bonds is 2. The summed E-state index contributed by atoms with van der Waals surface area (Å²) in [6, 6.07) is 44.2. The van der Waals surface area contributed by atoms with E-state index >= 15 is 0 Å². The van der Waals surface area contributed by atoms with E-state index in [1.54, 1.807) is 0 Å². The van der Waals surface area contributed by atoms with Gasteiger partial charge < -0.3 is 9.47 Å². The molecule has 0 bridgehead atoms. The summed E-state index contributed by atoms with van der Waals surface area (Å²) in [5.74, 6) is 0. The Balaban J connectivity index is 1.52. The van der Waals surface area contributed by atoms with Gasteiger partial charge in [0.15, 0.2) is 0 Å². The summed E-state index contributed by atoms with van der Waals surface area (Å²) in [6.45, 7) is 2.47. The van der Waals surface area contributed by atoms with Gasteiger partial charge in [0, 0.05) is 44.9 Å². The van der Waals surface area contributed by atoms with Crippen LogP contribution >= 0.6 is 0 Å². The third kappa shape index (κ3) is 2.47. The predicted molar refractivity (Wildman–Crippen MR) is 153 cm³/mol. The van der Waals surface area contributed by atoms with Crippen molar-refractivity contribution in [3.8, 4) is 16.8 Å². The molecule has 3 heterocycles. The van der Waals surface area contributed by atoms with Crippen molar-refractivity contribution in [2.75, 3.05) is 4.90 Å². The second-order valence-electron chi connectivity index (χ2n) is 9.78. The third-order valence-corrected chi connectivity index (χ3v) is 7.96. The molecule has 0 atom stereocenters. The minimum Gasteiger partial charge on any atom is -0.314 e. The highest BCUT2D eigenvalue weighted by Crippen LogP contribution is 2.42. The zero-order chi connectivity index (χ0) is 23.8. The summed E-state index contributed by atoms with van der Waals surface area (Å²) in [5, 5.41) is 1.33. The number of benzene rings is 5. The van der Waals surface area contributed by atoms with Crippen molar-refractivity contribution in [2.45, 2.75) is 6.92 Å². The normalized spacial score (nSPS) is 13.0. The average Bonchev–Trinajstić information content (AvgIpc) is 3.24. The van der Waals surface area contributed by atoms with Gasteiger partial charge in [0.2, 0.25) is 0 Å². The maximum Gasteiger partial charge on any atom is 0.252 e. The van der Waals surface area contributed by atoms with Gasteiger partial charge >= 0.3 is 0 Å². The lowest BCUT2D eigenvalue weighted by Crippen LogP contribution is -2.60. The summed E-state index contributed by atoms with van der Waals surface area (Å²) < 4.78 is 2.51. The predicted octanol–water partition coefficient (Wildman–Crippen LogP) is 6.22. The van der Waals surface area contributed by atoms with Gasteiger partial charge in [-0.05, 0) is 59.2 Å². The van der Waals surface area contributed by atoms with Crippen molar-refractivity contribution in [2.24, 2.45) is 0 Å². The van der Waals surface area contributed by atoms with Gasteiger partial charge in [0.05, 0.1) is 0 Å². The Kier molecular flexibility index (Phi) is 3.98. The lowest BCUT2D eigenvalue weighted by molar-refractivity contribution is 1.06. The number of anilines is 3. The first-order chi connectivity index (χ1) is 17.8. The fraction of sp³-hybridized carbons (Fsp3) is 0.0303. The number of aromatic nitrogens is 1. The fourth-order valence-corrected chi connectivity index (χ4v) is 6.62. The number of hydrogen-bond acceptors (Lipinski definition) is 1. The second kappa shape index (κ2) is 7.25. The van der Waals surface area contributed by atoms with Gasteiger partial charge in [0.1, 0.15) is 0 Å². The molecular formula is C33H23BN2. The SMILES string of the molecule is Cc1c(-c2ccccc2)c2cccc3c2n1-c1cccc2c1B3c1ccccc1N2c1ccccc1. The maximum atomic E-state index is 2.51. The van der Waals surface area contributed by atoms with E-state index in [1.807, 2.05) is 0 Å². The van der Waals surface area contributed by atoms with Crippen LogP contribution in [-0.4, -0.2) is 11.3 Å². The van der Waals surface area contributed by atoms with Crippen LogP contribution in [0.15, 0.2) is 121 Å². The molecule has 0 unspecified atom stereocenters. The Hall–Kier alpha value is -4.50. The summed E-state index contributed by atoms with van der Waals surface area (Å²) in [4.78, 5) is 2.44. The Bertz CT molecular complexity index is 1800. The van der Waals surface area contributed by atoms with Crippen molar-refractivity contribution in [3.63, 3.8) is 0 Å². The molecule has 2 aliphatic heterocycles. The number of nitrogens with zero attached hydrogens (tertiary/aromatic N) is 2. The van der Waals surface area contributed by atoms with E-state index in [1.165, 1.54) is 66.9 Å². The van der Waals surface area contributed by atoms with E-state index in [-0.39, 0.29) is 6.71 Å². The van der Waals surface area contributed by atoms with Crippen LogP contribution < -0.4 is 21.3 Å². The molecule has 0 N–H and O–H groups in total. The zero-order valence-electron chi connectivity index (χ0n) is 20.0. The lowest BCUT2D eigenvalue weighted by atomic mass is 9.34. The van der Waals surface area contributed by atoms with E-state index in [4.69, 9.17) is 0 Å². The van der Waals surface area contributed by atoms with E-state index in [0.29, 0.717) is 0 Å². The Morgan fingerprint density at radius 1 is 0.556 bits per heavy atom. The summed E-state index contributed by atoms with van der Waals surface area (Å²) >= 11 is 0. The molecule has 2 nitrogen and oxygen atoms in total. The average molecular weight is 458 g/mol. The van der Waals surface area contributed by atoms with Crippen molar-refractivity contribution in [1.29, 1.82) is 0 Å². The van der Waals surface area contributed by atoms with Crippen LogP contribution in [0.5, 0.6) is 0 Å². The minimum atomic E-state index is 0.196. The van der Waals surface area contributed by atoms with Crippen LogP contribution in [0.4, 0.5) is 17.1 Å². The van der Waals surface area contributed by atoms with E-state index < -0.39 is 0 Å². The molecule has 36 heavy (non-hydrogen) atoms. The Morgan fingerprint density at radius 3 is 2.03 bits per heavy atom. The van der Waals surface area contributed by atoms with Crippen LogP contribution in [0.1, 0.15) is 5.69 Å². The molecule has 6 aromatic rings. The highest BCUT2D eigenvalue weighted by atomic mass is 15.2. The molecule has 5 aromatic carbocycles. The summed E-state index contributed by atoms with van der Waals surface area (Å²) in [7, 11) is 0. The Morgan fingerprint density at radius 2 is 1.19 bits per heavy atom. The quantitative estimate of drug-likeness (QED) is 0.279. The highest BCUT2D eigenvalue weighted by Gasteiger charge is 2.41. The number of fused-ring (bicyclic) bond motifs is 4. The smallest absolute Gasteiger partial charge is 0.252 e. The monoisotopic (exact) mass is 458 g/mol. The zero-order valence-corrected chi connectivity index (χ0v) is 20.0. The molecule has 0 saturated heterocycles. The van der Waals surface area contributed by atoms with Crippen LogP contribution in [0.3, 0.4) is 0 Å². The van der Waals surface area contributed by atoms with E-state index in [2.05, 4.69) is 138 Å². The molecule has 0 saturated carbocycles. The first-order valence-corrected chi connectivity index (χ1v) is 12.6. The number of hydrogen-bond donors (Lipinski definition) is 0. The summed E-state index contributed by atoms with van der Waals surface area (Å²) in [5.41, 5.74) is 14.4. The Labute approximate surface area is 211 Å². The van der Waals surface area contributed by atoms with Crippen molar-refractivity contribution < 1.29 is 0 Å². The molecular weight excluding hydrogens is 435 g/mol. The van der Waals surface area contributed by atoms with Crippen LogP contribution in [0.25, 0.3) is 27.7 Å². The molecule has 2 aliphatic rings. The van der Waals surface area contributed by atoms with Gasteiger partial charge in [-0.15, -0.1) is 0 Å². The third-order valence-electron chi connectivity index (χ3n) is 7.96. The second-order valence-corrected chi connectivity index (χ2v) is 9.78. The fourth-order valence-electron chi connectivity index (χ4n) is 6.62.